The molecule has 10 nitrogen and oxygen atoms in total. The second kappa shape index (κ2) is 13.6. The van der Waals surface area contributed by atoms with Crippen LogP contribution in [0.2, 0.25) is 5.02 Å². The van der Waals surface area contributed by atoms with Gasteiger partial charge in [-0.15, -0.1) is 0 Å². The van der Waals surface area contributed by atoms with Gasteiger partial charge in [0, 0.05) is 67.2 Å². The van der Waals surface area contributed by atoms with E-state index in [9.17, 15) is 14.4 Å². The number of carbonyl (C=O) groups is 2. The minimum atomic E-state index is -0.455. The summed E-state index contributed by atoms with van der Waals surface area (Å²) in [6, 6.07) is 17.1. The molecule has 2 saturated heterocycles. The van der Waals surface area contributed by atoms with Gasteiger partial charge in [0.05, 0.1) is 23.4 Å². The number of ether oxygens (including phenoxy) is 1. The molecule has 2 atom stereocenters. The van der Waals surface area contributed by atoms with Crippen molar-refractivity contribution in [3.63, 3.8) is 0 Å². The van der Waals surface area contributed by atoms with Gasteiger partial charge in [-0.3, -0.25) is 9.59 Å². The van der Waals surface area contributed by atoms with Crippen molar-refractivity contribution in [2.75, 3.05) is 38.6 Å². The maximum atomic E-state index is 13.3. The molecule has 50 heavy (non-hydrogen) atoms. The molecule has 3 N–H and O–H groups in total. The number of aryl methyl sites for hydroxylation is 2. The standard InChI is InChI=1S/C39H43ClN6O4/c1-5-26-14-15-30(37(48)45(26)3)35(47)42-31-11-7-8-27(23(31)2)28-9-6-10-29(34(28)40)32-20-24-12-13-25(33(24)36(43-32)50-4)21-46-19-17-39(22-46)16-18-41-38(49)44-39/h6-11,14-15,20,25H,5,12-13,16-19,21-22H2,1-4H3,(H,42,47)(H2,41,44,49)/t25-,39-/m1/s1. The highest BCUT2D eigenvalue weighted by atomic mass is 35.5. The number of likely N-dealkylation sites (tertiary alicyclic amines) is 1. The quantitative estimate of drug-likeness (QED) is 0.206. The van der Waals surface area contributed by atoms with E-state index in [-0.39, 0.29) is 22.7 Å². The Hall–Kier alpha value is -4.67. The normalized spacial score (nSPS) is 20.0. The van der Waals surface area contributed by atoms with Gasteiger partial charge in [0.1, 0.15) is 5.56 Å². The van der Waals surface area contributed by atoms with Crippen molar-refractivity contribution < 1.29 is 14.3 Å². The van der Waals surface area contributed by atoms with Crippen LogP contribution in [0.15, 0.2) is 59.4 Å². The van der Waals surface area contributed by atoms with Gasteiger partial charge in [-0.25, -0.2) is 9.78 Å². The third kappa shape index (κ3) is 6.15. The molecular formula is C39H43ClN6O4. The molecule has 2 aromatic carbocycles. The first-order valence-corrected chi connectivity index (χ1v) is 17.7. The van der Waals surface area contributed by atoms with E-state index in [0.29, 0.717) is 35.5 Å². The lowest BCUT2D eigenvalue weighted by Crippen LogP contribution is -2.59. The Bertz CT molecular complexity index is 2060. The van der Waals surface area contributed by atoms with Crippen LogP contribution in [0, 0.1) is 6.92 Å². The van der Waals surface area contributed by atoms with E-state index in [0.717, 1.165) is 84.5 Å². The van der Waals surface area contributed by atoms with Crippen LogP contribution in [-0.4, -0.2) is 65.2 Å². The fourth-order valence-corrected chi connectivity index (χ4v) is 8.39. The van der Waals surface area contributed by atoms with Crippen molar-refractivity contribution in [3.8, 4) is 28.3 Å². The minimum Gasteiger partial charge on any atom is -0.481 e. The molecule has 4 heterocycles. The molecule has 4 aromatic rings. The van der Waals surface area contributed by atoms with E-state index in [1.165, 1.54) is 10.1 Å². The van der Waals surface area contributed by atoms with Gasteiger partial charge in [-0.05, 0) is 80.0 Å². The molecule has 2 aliphatic heterocycles. The first kappa shape index (κ1) is 33.8. The number of halogens is 1. The Morgan fingerprint density at radius 1 is 1.10 bits per heavy atom. The fourth-order valence-electron chi connectivity index (χ4n) is 8.06. The summed E-state index contributed by atoms with van der Waals surface area (Å²) in [5.74, 6) is 0.467. The highest BCUT2D eigenvalue weighted by Gasteiger charge is 2.42. The zero-order chi connectivity index (χ0) is 35.2. The maximum absolute atomic E-state index is 13.3. The average Bonchev–Trinajstić information content (AvgIpc) is 3.69. The number of hydrogen-bond acceptors (Lipinski definition) is 6. The SMILES string of the molecule is CCc1ccc(C(=O)Nc2cccc(-c3cccc(-c4cc5c(c(OC)n4)[C@@H](CN4CC[C@]6(CCNC(=O)N6)C4)CC5)c3Cl)c2C)c(=O)n1C. The van der Waals surface area contributed by atoms with Gasteiger partial charge in [0.15, 0.2) is 0 Å². The molecule has 2 aromatic heterocycles. The number of hydrogen-bond donors (Lipinski definition) is 3. The summed E-state index contributed by atoms with van der Waals surface area (Å²) in [6.07, 6.45) is 4.54. The molecule has 3 aliphatic rings. The van der Waals surface area contributed by atoms with E-state index in [1.54, 1.807) is 20.2 Å². The molecule has 0 unspecified atom stereocenters. The van der Waals surface area contributed by atoms with Crippen molar-refractivity contribution in [1.29, 1.82) is 0 Å². The average molecular weight is 695 g/mol. The number of nitrogens with one attached hydrogen (secondary N) is 3. The summed E-state index contributed by atoms with van der Waals surface area (Å²) in [5, 5.41) is 9.58. The Balaban J connectivity index is 1.14. The number of methoxy groups -OCH3 is 1. The van der Waals surface area contributed by atoms with Crippen LogP contribution in [0.25, 0.3) is 22.4 Å². The Labute approximate surface area is 297 Å². The van der Waals surface area contributed by atoms with Crippen LogP contribution in [0.3, 0.4) is 0 Å². The van der Waals surface area contributed by atoms with Crippen LogP contribution in [0.5, 0.6) is 5.88 Å². The second-order valence-electron chi connectivity index (χ2n) is 13.8. The maximum Gasteiger partial charge on any atom is 0.315 e. The smallest absolute Gasteiger partial charge is 0.315 e. The van der Waals surface area contributed by atoms with E-state index < -0.39 is 5.91 Å². The summed E-state index contributed by atoms with van der Waals surface area (Å²) in [5.41, 5.74) is 7.53. The lowest BCUT2D eigenvalue weighted by atomic mass is 9.93. The van der Waals surface area contributed by atoms with Crippen molar-refractivity contribution in [2.45, 2.75) is 57.4 Å². The van der Waals surface area contributed by atoms with Gasteiger partial charge in [0.2, 0.25) is 5.88 Å². The molecule has 1 spiro atoms. The summed E-state index contributed by atoms with van der Waals surface area (Å²) < 4.78 is 7.45. The number of pyridine rings is 2. The number of nitrogens with zero attached hydrogens (tertiary/aromatic N) is 3. The van der Waals surface area contributed by atoms with Gasteiger partial charge < -0.3 is 30.2 Å². The summed E-state index contributed by atoms with van der Waals surface area (Å²) in [4.78, 5) is 45.7. The Morgan fingerprint density at radius 3 is 2.66 bits per heavy atom. The fraction of sp³-hybridized carbons (Fsp3) is 0.385. The molecule has 2 fully saturated rings. The molecular weight excluding hydrogens is 652 g/mol. The zero-order valence-corrected chi connectivity index (χ0v) is 29.7. The lowest BCUT2D eigenvalue weighted by molar-refractivity contribution is 0.102. The lowest BCUT2D eigenvalue weighted by Gasteiger charge is -2.35. The molecule has 0 bridgehead atoms. The third-order valence-corrected chi connectivity index (χ3v) is 11.2. The molecule has 0 saturated carbocycles. The number of urea groups is 1. The van der Waals surface area contributed by atoms with Crippen molar-refractivity contribution in [2.24, 2.45) is 7.05 Å². The second-order valence-corrected chi connectivity index (χ2v) is 14.2. The molecule has 260 valence electrons. The number of benzene rings is 2. The van der Waals surface area contributed by atoms with Crippen LogP contribution >= 0.6 is 11.6 Å². The van der Waals surface area contributed by atoms with E-state index in [4.69, 9.17) is 21.3 Å². The number of rotatable bonds is 8. The molecule has 7 rings (SSSR count). The number of anilines is 1. The van der Waals surface area contributed by atoms with Crippen LogP contribution < -0.4 is 26.2 Å². The number of aromatic nitrogens is 2. The summed E-state index contributed by atoms with van der Waals surface area (Å²) >= 11 is 7.19. The Morgan fingerprint density at radius 2 is 1.88 bits per heavy atom. The highest BCUT2D eigenvalue weighted by Crippen LogP contribution is 2.44. The van der Waals surface area contributed by atoms with E-state index >= 15 is 0 Å². The number of fused-ring (bicyclic) bond motifs is 1. The van der Waals surface area contributed by atoms with Crippen molar-refractivity contribution in [1.82, 2.24) is 25.1 Å². The van der Waals surface area contributed by atoms with Gasteiger partial charge in [-0.2, -0.15) is 0 Å². The predicted molar refractivity (Wildman–Crippen MR) is 196 cm³/mol. The molecule has 1 aliphatic carbocycles. The van der Waals surface area contributed by atoms with Crippen molar-refractivity contribution >= 4 is 29.2 Å². The van der Waals surface area contributed by atoms with Crippen LogP contribution in [0.4, 0.5) is 10.5 Å². The number of amides is 3. The minimum absolute atomic E-state index is 0.0678. The molecule has 0 radical (unpaired) electrons. The van der Waals surface area contributed by atoms with Crippen LogP contribution in [0.1, 0.15) is 64.8 Å². The largest absolute Gasteiger partial charge is 0.481 e. The molecule has 11 heteroatoms. The monoisotopic (exact) mass is 694 g/mol. The predicted octanol–water partition coefficient (Wildman–Crippen LogP) is 6.08. The number of carbonyl (C=O) groups excluding carboxylic acids is 2. The summed E-state index contributed by atoms with van der Waals surface area (Å²) in [7, 11) is 3.36. The summed E-state index contributed by atoms with van der Waals surface area (Å²) in [6.45, 7) is 7.34. The first-order valence-electron chi connectivity index (χ1n) is 17.4. The van der Waals surface area contributed by atoms with Gasteiger partial charge in [-0.1, -0.05) is 48.9 Å². The van der Waals surface area contributed by atoms with E-state index in [2.05, 4.69) is 26.9 Å². The van der Waals surface area contributed by atoms with E-state index in [1.807, 2.05) is 56.3 Å². The zero-order valence-electron chi connectivity index (χ0n) is 29.0. The van der Waals surface area contributed by atoms with Gasteiger partial charge >= 0.3 is 6.03 Å². The molecule has 3 amide bonds. The third-order valence-electron chi connectivity index (χ3n) is 10.8. The topological polar surface area (TPSA) is 118 Å². The highest BCUT2D eigenvalue weighted by molar-refractivity contribution is 6.36. The van der Waals surface area contributed by atoms with Gasteiger partial charge in [0.25, 0.3) is 11.5 Å². The first-order chi connectivity index (χ1) is 24.1. The van der Waals surface area contributed by atoms with Crippen molar-refractivity contribution in [3.05, 3.63) is 97.9 Å². The van der Waals surface area contributed by atoms with Crippen LogP contribution in [-0.2, 0) is 19.9 Å². The Kier molecular flexibility index (Phi) is 9.17.